The van der Waals surface area contributed by atoms with Crippen molar-refractivity contribution in [1.29, 1.82) is 0 Å². The molecular formula is C15H18N6OS2. The first-order valence-electron chi connectivity index (χ1n) is 7.49. The van der Waals surface area contributed by atoms with Crippen molar-refractivity contribution in [3.8, 4) is 10.7 Å². The number of nitrogens with one attached hydrogen (secondary N) is 1. The van der Waals surface area contributed by atoms with Gasteiger partial charge in [0.2, 0.25) is 5.91 Å². The van der Waals surface area contributed by atoms with Gasteiger partial charge in [0.25, 0.3) is 0 Å². The van der Waals surface area contributed by atoms with Crippen molar-refractivity contribution < 1.29 is 4.79 Å². The van der Waals surface area contributed by atoms with E-state index >= 15 is 0 Å². The minimum atomic E-state index is -0.0914. The molecule has 0 saturated heterocycles. The molecule has 3 heterocycles. The van der Waals surface area contributed by atoms with Crippen LogP contribution in [-0.2, 0) is 18.4 Å². The van der Waals surface area contributed by atoms with Gasteiger partial charge in [0.05, 0.1) is 16.3 Å². The van der Waals surface area contributed by atoms with Gasteiger partial charge in [-0.25, -0.2) is 0 Å². The molecule has 126 valence electrons. The fourth-order valence-electron chi connectivity index (χ4n) is 2.31. The number of amides is 1. The van der Waals surface area contributed by atoms with Crippen LogP contribution in [0.1, 0.15) is 12.6 Å². The summed E-state index contributed by atoms with van der Waals surface area (Å²) in [4.78, 5) is 13.2. The largest absolute Gasteiger partial charge is 0.310 e. The van der Waals surface area contributed by atoms with E-state index in [-0.39, 0.29) is 11.7 Å². The van der Waals surface area contributed by atoms with Gasteiger partial charge >= 0.3 is 0 Å². The van der Waals surface area contributed by atoms with Gasteiger partial charge in [-0.05, 0) is 25.3 Å². The first-order valence-corrected chi connectivity index (χ1v) is 9.35. The SMILES string of the molecule is CCn1c(SCC(=O)Nc2cc(C)nn2C)nnc1-c1cccs1. The maximum atomic E-state index is 12.2. The van der Waals surface area contributed by atoms with Crippen LogP contribution in [0.2, 0.25) is 0 Å². The average Bonchev–Trinajstić information content (AvgIpc) is 3.25. The Morgan fingerprint density at radius 2 is 2.25 bits per heavy atom. The molecule has 0 aliphatic heterocycles. The maximum Gasteiger partial charge on any atom is 0.235 e. The Kier molecular flexibility index (Phi) is 5.00. The third kappa shape index (κ3) is 3.51. The third-order valence-electron chi connectivity index (χ3n) is 3.38. The van der Waals surface area contributed by atoms with E-state index in [0.29, 0.717) is 5.82 Å². The lowest BCUT2D eigenvalue weighted by molar-refractivity contribution is -0.113. The smallest absolute Gasteiger partial charge is 0.235 e. The minimum absolute atomic E-state index is 0.0914. The van der Waals surface area contributed by atoms with Crippen molar-refractivity contribution in [2.75, 3.05) is 11.1 Å². The lowest BCUT2D eigenvalue weighted by Crippen LogP contribution is -2.16. The molecule has 1 N–H and O–H groups in total. The molecule has 7 nitrogen and oxygen atoms in total. The van der Waals surface area contributed by atoms with E-state index < -0.39 is 0 Å². The zero-order valence-corrected chi connectivity index (χ0v) is 15.3. The summed E-state index contributed by atoms with van der Waals surface area (Å²) in [5.41, 5.74) is 0.867. The van der Waals surface area contributed by atoms with Crippen molar-refractivity contribution >= 4 is 34.8 Å². The van der Waals surface area contributed by atoms with Crippen LogP contribution in [0, 0.1) is 6.92 Å². The van der Waals surface area contributed by atoms with Crippen molar-refractivity contribution in [2.45, 2.75) is 25.5 Å². The molecule has 0 aliphatic carbocycles. The van der Waals surface area contributed by atoms with E-state index in [1.807, 2.05) is 42.0 Å². The third-order valence-corrected chi connectivity index (χ3v) is 5.21. The predicted octanol–water partition coefficient (Wildman–Crippen LogP) is 2.80. The van der Waals surface area contributed by atoms with Gasteiger partial charge in [-0.15, -0.1) is 21.5 Å². The zero-order valence-electron chi connectivity index (χ0n) is 13.7. The second-order valence-corrected chi connectivity index (χ2v) is 7.05. The van der Waals surface area contributed by atoms with Crippen LogP contribution in [0.15, 0.2) is 28.7 Å². The maximum absolute atomic E-state index is 12.2. The zero-order chi connectivity index (χ0) is 17.1. The Morgan fingerprint density at radius 3 is 2.88 bits per heavy atom. The Hall–Kier alpha value is -2.13. The highest BCUT2D eigenvalue weighted by atomic mass is 32.2. The first-order chi connectivity index (χ1) is 11.6. The Morgan fingerprint density at radius 1 is 1.42 bits per heavy atom. The molecule has 3 rings (SSSR count). The van der Waals surface area contributed by atoms with Crippen molar-refractivity contribution in [1.82, 2.24) is 24.5 Å². The van der Waals surface area contributed by atoms with Crippen LogP contribution >= 0.6 is 23.1 Å². The molecule has 3 aromatic heterocycles. The average molecular weight is 362 g/mol. The number of hydrogen-bond donors (Lipinski definition) is 1. The van der Waals surface area contributed by atoms with E-state index in [4.69, 9.17) is 0 Å². The van der Waals surface area contributed by atoms with Crippen molar-refractivity contribution in [3.05, 3.63) is 29.3 Å². The fraction of sp³-hybridized carbons (Fsp3) is 0.333. The molecule has 0 radical (unpaired) electrons. The van der Waals surface area contributed by atoms with Gasteiger partial charge in [0.15, 0.2) is 11.0 Å². The van der Waals surface area contributed by atoms with Gasteiger partial charge in [0, 0.05) is 19.7 Å². The molecule has 0 bridgehead atoms. The molecule has 0 unspecified atom stereocenters. The molecular weight excluding hydrogens is 344 g/mol. The number of nitrogens with zero attached hydrogens (tertiary/aromatic N) is 5. The number of aryl methyl sites for hydroxylation is 2. The van der Waals surface area contributed by atoms with Crippen molar-refractivity contribution in [3.63, 3.8) is 0 Å². The van der Waals surface area contributed by atoms with Crippen LogP contribution in [0.3, 0.4) is 0 Å². The Labute approximate surface area is 148 Å². The van der Waals surface area contributed by atoms with Gasteiger partial charge in [-0.3, -0.25) is 9.48 Å². The van der Waals surface area contributed by atoms with Crippen LogP contribution in [0.4, 0.5) is 5.82 Å². The highest BCUT2D eigenvalue weighted by Gasteiger charge is 2.15. The number of hydrogen-bond acceptors (Lipinski definition) is 6. The second-order valence-electron chi connectivity index (χ2n) is 5.16. The normalized spacial score (nSPS) is 11.0. The highest BCUT2D eigenvalue weighted by Crippen LogP contribution is 2.27. The number of thioether (sulfide) groups is 1. The van der Waals surface area contributed by atoms with Crippen LogP contribution in [0.25, 0.3) is 10.7 Å². The van der Waals surface area contributed by atoms with E-state index in [2.05, 4.69) is 20.6 Å². The number of thiophene rings is 1. The summed E-state index contributed by atoms with van der Waals surface area (Å²) in [6.07, 6.45) is 0. The number of carbonyl (C=O) groups excluding carboxylic acids is 1. The summed E-state index contributed by atoms with van der Waals surface area (Å²) < 4.78 is 3.68. The molecule has 0 aromatic carbocycles. The van der Waals surface area contributed by atoms with E-state index in [1.54, 1.807) is 23.1 Å². The van der Waals surface area contributed by atoms with E-state index in [1.165, 1.54) is 11.8 Å². The Balaban J connectivity index is 1.66. The van der Waals surface area contributed by atoms with Crippen molar-refractivity contribution in [2.24, 2.45) is 7.05 Å². The van der Waals surface area contributed by atoms with Crippen LogP contribution in [-0.4, -0.2) is 36.2 Å². The lowest BCUT2D eigenvalue weighted by Gasteiger charge is -2.07. The summed E-state index contributed by atoms with van der Waals surface area (Å²) in [6.45, 7) is 4.69. The molecule has 3 aromatic rings. The molecule has 0 aliphatic rings. The monoisotopic (exact) mass is 362 g/mol. The molecule has 0 spiro atoms. The molecule has 1 amide bonds. The number of rotatable bonds is 6. The van der Waals surface area contributed by atoms with E-state index in [9.17, 15) is 4.79 Å². The summed E-state index contributed by atoms with van der Waals surface area (Å²) in [6, 6.07) is 5.85. The second kappa shape index (κ2) is 7.18. The summed E-state index contributed by atoms with van der Waals surface area (Å²) >= 11 is 3.01. The quantitative estimate of drug-likeness (QED) is 0.682. The molecule has 0 fully saturated rings. The summed E-state index contributed by atoms with van der Waals surface area (Å²) in [7, 11) is 1.80. The molecule has 0 atom stereocenters. The van der Waals surface area contributed by atoms with E-state index in [0.717, 1.165) is 28.1 Å². The molecule has 24 heavy (non-hydrogen) atoms. The lowest BCUT2D eigenvalue weighted by atomic mass is 10.4. The van der Waals surface area contributed by atoms with Crippen LogP contribution in [0.5, 0.6) is 0 Å². The van der Waals surface area contributed by atoms with Crippen LogP contribution < -0.4 is 5.32 Å². The number of anilines is 1. The molecule has 0 saturated carbocycles. The Bertz CT molecular complexity index is 836. The standard InChI is InChI=1S/C15H18N6OS2/c1-4-21-14(11-6-5-7-23-11)17-18-15(21)24-9-13(22)16-12-8-10(2)19-20(12)3/h5-8H,4,9H2,1-3H3,(H,16,22). The van der Waals surface area contributed by atoms with Gasteiger partial charge in [-0.2, -0.15) is 5.10 Å². The fourth-order valence-corrected chi connectivity index (χ4v) is 3.82. The topological polar surface area (TPSA) is 77.6 Å². The van der Waals surface area contributed by atoms with Gasteiger partial charge < -0.3 is 9.88 Å². The summed E-state index contributed by atoms with van der Waals surface area (Å²) in [5, 5.41) is 18.3. The number of carbonyl (C=O) groups is 1. The highest BCUT2D eigenvalue weighted by molar-refractivity contribution is 7.99. The first kappa shape index (κ1) is 16.7. The van der Waals surface area contributed by atoms with Gasteiger partial charge in [-0.1, -0.05) is 17.8 Å². The van der Waals surface area contributed by atoms with Gasteiger partial charge in [0.1, 0.15) is 5.82 Å². The minimum Gasteiger partial charge on any atom is -0.310 e. The number of aromatic nitrogens is 5. The summed E-state index contributed by atoms with van der Waals surface area (Å²) in [5.74, 6) is 1.71. The molecule has 9 heteroatoms. The predicted molar refractivity (Wildman–Crippen MR) is 96.3 cm³/mol.